The molecular weight excluding hydrogens is 424 g/mol. The van der Waals surface area contributed by atoms with Crippen LogP contribution in [0.5, 0.6) is 0 Å². The molecule has 1 saturated heterocycles. The molecule has 6 N–H and O–H groups in total. The Balaban J connectivity index is 1.85. The molecule has 0 aromatic carbocycles. The molecule has 1 heterocycles. The van der Waals surface area contributed by atoms with E-state index in [9.17, 15) is 35.4 Å². The van der Waals surface area contributed by atoms with Gasteiger partial charge in [0.05, 0.1) is 32.0 Å². The maximum Gasteiger partial charge on any atom is 0.333 e. The zero-order valence-corrected chi connectivity index (χ0v) is 18.7. The van der Waals surface area contributed by atoms with Gasteiger partial charge in [0.25, 0.3) is 0 Å². The number of aliphatic hydroxyl groups is 6. The highest BCUT2D eigenvalue weighted by Crippen LogP contribution is 2.56. The Morgan fingerprint density at radius 3 is 2.38 bits per heavy atom. The molecule has 0 aromatic rings. The molecule has 0 aromatic heterocycles. The van der Waals surface area contributed by atoms with E-state index >= 15 is 0 Å². The largest absolute Gasteiger partial charge is 0.466 e. The summed E-state index contributed by atoms with van der Waals surface area (Å²) in [6.45, 7) is 6.99. The average molecular weight is 461 g/mol. The predicted molar refractivity (Wildman–Crippen MR) is 110 cm³/mol. The Morgan fingerprint density at radius 1 is 1.12 bits per heavy atom. The van der Waals surface area contributed by atoms with Gasteiger partial charge in [0.15, 0.2) is 6.29 Å². The lowest BCUT2D eigenvalue weighted by molar-refractivity contribution is -0.332. The first kappa shape index (κ1) is 25.5. The summed E-state index contributed by atoms with van der Waals surface area (Å²) in [6.07, 6.45) is -8.38. The summed E-state index contributed by atoms with van der Waals surface area (Å²) >= 11 is 0. The number of esters is 1. The lowest BCUT2D eigenvalue weighted by Gasteiger charge is -2.58. The van der Waals surface area contributed by atoms with Crippen LogP contribution in [-0.4, -0.2) is 99.3 Å². The Morgan fingerprint density at radius 2 is 1.78 bits per heavy atom. The van der Waals surface area contributed by atoms with Crippen LogP contribution in [0.4, 0.5) is 0 Å². The standard InChI is InChI=1S/C22H36O10/c1-9(20(29)30-4)11-5-6-22(3)14(7-12(24)10(2)15(22)16(11)25)32-21-19(28)18(27)17(26)13(8-23)31-21/h10-19,21,23-28H,1,5-8H2,2-4H3. The fourth-order valence-electron chi connectivity index (χ4n) is 5.89. The summed E-state index contributed by atoms with van der Waals surface area (Å²) < 4.78 is 16.3. The number of rotatable bonds is 5. The predicted octanol–water partition coefficient (Wildman–Crippen LogP) is -1.31. The number of methoxy groups -OCH3 is 1. The third-order valence-corrected chi connectivity index (χ3v) is 7.94. The van der Waals surface area contributed by atoms with E-state index in [4.69, 9.17) is 14.2 Å². The molecule has 2 saturated carbocycles. The number of hydrogen-bond donors (Lipinski definition) is 6. The molecule has 0 amide bonds. The Labute approximate surface area is 187 Å². The SMILES string of the molecule is C=C(C(=O)OC)C1CCC2(C)C(OC3OC(CO)C(O)C(O)C3O)CC(O)C(C)C2C1O. The van der Waals surface area contributed by atoms with Gasteiger partial charge >= 0.3 is 5.97 Å². The Bertz CT molecular complexity index is 698. The van der Waals surface area contributed by atoms with E-state index in [0.717, 1.165) is 0 Å². The first-order chi connectivity index (χ1) is 15.0. The topological polar surface area (TPSA) is 166 Å². The second-order valence-electron chi connectivity index (χ2n) is 9.67. The second kappa shape index (κ2) is 9.63. The fourth-order valence-corrected chi connectivity index (χ4v) is 5.89. The minimum Gasteiger partial charge on any atom is -0.466 e. The number of aliphatic hydroxyl groups excluding tert-OH is 6. The maximum atomic E-state index is 12.0. The van der Waals surface area contributed by atoms with Crippen molar-refractivity contribution in [3.05, 3.63) is 12.2 Å². The molecule has 3 fully saturated rings. The van der Waals surface area contributed by atoms with Crippen molar-refractivity contribution in [3.63, 3.8) is 0 Å². The van der Waals surface area contributed by atoms with Gasteiger partial charge in [-0.3, -0.25) is 0 Å². The number of carbonyl (C=O) groups is 1. The van der Waals surface area contributed by atoms with Crippen molar-refractivity contribution in [1.82, 2.24) is 0 Å². The minimum absolute atomic E-state index is 0.181. The van der Waals surface area contributed by atoms with Crippen molar-refractivity contribution in [2.75, 3.05) is 13.7 Å². The van der Waals surface area contributed by atoms with Gasteiger partial charge in [0.1, 0.15) is 24.4 Å². The number of carbonyl (C=O) groups excluding carboxylic acids is 1. The van der Waals surface area contributed by atoms with Gasteiger partial charge in [0.2, 0.25) is 0 Å². The van der Waals surface area contributed by atoms with Crippen LogP contribution in [0, 0.1) is 23.2 Å². The smallest absolute Gasteiger partial charge is 0.333 e. The fraction of sp³-hybridized carbons (Fsp3) is 0.864. The minimum atomic E-state index is -1.58. The maximum absolute atomic E-state index is 12.0. The summed E-state index contributed by atoms with van der Waals surface area (Å²) in [5.41, 5.74) is -0.468. The number of hydrogen-bond acceptors (Lipinski definition) is 10. The van der Waals surface area contributed by atoms with Crippen LogP contribution >= 0.6 is 0 Å². The van der Waals surface area contributed by atoms with Crippen LogP contribution in [0.3, 0.4) is 0 Å². The first-order valence-electron chi connectivity index (χ1n) is 11.1. The third kappa shape index (κ3) is 4.23. The Kier molecular flexibility index (Phi) is 7.68. The zero-order valence-electron chi connectivity index (χ0n) is 18.7. The van der Waals surface area contributed by atoms with E-state index < -0.39 is 78.8 Å². The molecule has 0 spiro atoms. The van der Waals surface area contributed by atoms with Gasteiger partial charge in [-0.05, 0) is 30.1 Å². The van der Waals surface area contributed by atoms with Crippen molar-refractivity contribution in [2.45, 2.75) is 82.1 Å². The zero-order chi connectivity index (χ0) is 24.0. The van der Waals surface area contributed by atoms with Gasteiger partial charge in [-0.2, -0.15) is 0 Å². The molecule has 0 bridgehead atoms. The van der Waals surface area contributed by atoms with Crippen molar-refractivity contribution in [1.29, 1.82) is 0 Å². The van der Waals surface area contributed by atoms with E-state index in [2.05, 4.69) is 6.58 Å². The van der Waals surface area contributed by atoms with Gasteiger partial charge in [0, 0.05) is 17.9 Å². The molecule has 12 atom stereocenters. The molecule has 3 rings (SSSR count). The molecular formula is C22H36O10. The van der Waals surface area contributed by atoms with Crippen LogP contribution in [-0.2, 0) is 19.0 Å². The number of ether oxygens (including phenoxy) is 3. The lowest BCUT2D eigenvalue weighted by Crippen LogP contribution is -2.64. The Hall–Kier alpha value is -1.11. The summed E-state index contributed by atoms with van der Waals surface area (Å²) in [7, 11) is 1.25. The van der Waals surface area contributed by atoms with E-state index in [1.54, 1.807) is 0 Å². The summed E-state index contributed by atoms with van der Waals surface area (Å²) in [4.78, 5) is 12.0. The summed E-state index contributed by atoms with van der Waals surface area (Å²) in [5, 5.41) is 61.9. The summed E-state index contributed by atoms with van der Waals surface area (Å²) in [5.74, 6) is -1.88. The molecule has 3 aliphatic rings. The molecule has 184 valence electrons. The van der Waals surface area contributed by atoms with Gasteiger partial charge in [-0.15, -0.1) is 0 Å². The van der Waals surface area contributed by atoms with Crippen LogP contribution in [0.2, 0.25) is 0 Å². The van der Waals surface area contributed by atoms with E-state index in [1.807, 2.05) is 13.8 Å². The van der Waals surface area contributed by atoms with Crippen molar-refractivity contribution in [2.24, 2.45) is 23.2 Å². The van der Waals surface area contributed by atoms with E-state index in [-0.39, 0.29) is 17.9 Å². The molecule has 12 unspecified atom stereocenters. The van der Waals surface area contributed by atoms with Crippen LogP contribution in [0.15, 0.2) is 12.2 Å². The van der Waals surface area contributed by atoms with Crippen LogP contribution in [0.25, 0.3) is 0 Å². The second-order valence-corrected chi connectivity index (χ2v) is 9.67. The van der Waals surface area contributed by atoms with Gasteiger partial charge in [-0.1, -0.05) is 20.4 Å². The lowest BCUT2D eigenvalue weighted by atomic mass is 9.51. The van der Waals surface area contributed by atoms with E-state index in [1.165, 1.54) is 7.11 Å². The van der Waals surface area contributed by atoms with Crippen molar-refractivity contribution in [3.8, 4) is 0 Å². The highest BCUT2D eigenvalue weighted by atomic mass is 16.7. The van der Waals surface area contributed by atoms with Crippen molar-refractivity contribution < 1.29 is 49.6 Å². The highest BCUT2D eigenvalue weighted by molar-refractivity contribution is 5.88. The molecule has 32 heavy (non-hydrogen) atoms. The van der Waals surface area contributed by atoms with Crippen LogP contribution < -0.4 is 0 Å². The quantitative estimate of drug-likeness (QED) is 0.214. The summed E-state index contributed by atoms with van der Waals surface area (Å²) in [6, 6.07) is 0. The van der Waals surface area contributed by atoms with Crippen molar-refractivity contribution >= 4 is 5.97 Å². The molecule has 1 aliphatic heterocycles. The highest BCUT2D eigenvalue weighted by Gasteiger charge is 2.59. The van der Waals surface area contributed by atoms with Crippen LogP contribution in [0.1, 0.15) is 33.1 Å². The average Bonchev–Trinajstić information content (AvgIpc) is 2.76. The monoisotopic (exact) mass is 460 g/mol. The molecule has 10 heteroatoms. The number of fused-ring (bicyclic) bond motifs is 1. The van der Waals surface area contributed by atoms with Gasteiger partial charge < -0.3 is 44.8 Å². The third-order valence-electron chi connectivity index (χ3n) is 7.94. The van der Waals surface area contributed by atoms with Gasteiger partial charge in [-0.25, -0.2) is 4.79 Å². The first-order valence-corrected chi connectivity index (χ1v) is 11.1. The molecule has 10 nitrogen and oxygen atoms in total. The normalized spacial score (nSPS) is 49.2. The molecule has 2 aliphatic carbocycles. The van der Waals surface area contributed by atoms with E-state index in [0.29, 0.717) is 12.8 Å². The molecule has 0 radical (unpaired) electrons.